The highest BCUT2D eigenvalue weighted by Gasteiger charge is 2.10. The molecule has 8 heteroatoms. The number of carbonyl (C=O) groups excluding carboxylic acids is 1. The quantitative estimate of drug-likeness (QED) is 0.266. The lowest BCUT2D eigenvalue weighted by molar-refractivity contribution is -0.114. The molecule has 178 valence electrons. The lowest BCUT2D eigenvalue weighted by atomic mass is 10.1. The third-order valence-electron chi connectivity index (χ3n) is 5.06. The highest BCUT2D eigenvalue weighted by atomic mass is 16.1. The second-order valence-electron chi connectivity index (χ2n) is 8.58. The number of carbonyl (C=O) groups is 1. The molecule has 1 aromatic heterocycles. The Morgan fingerprint density at radius 3 is 1.57 bits per heavy atom. The van der Waals surface area contributed by atoms with E-state index in [4.69, 9.17) is 0 Å². The highest BCUT2D eigenvalue weighted by Crippen LogP contribution is 2.22. The number of aryl methyl sites for hydroxylation is 4. The molecule has 0 unspecified atom stereocenters. The van der Waals surface area contributed by atoms with Crippen LogP contribution < -0.4 is 21.3 Å². The monoisotopic (exact) mass is 467 g/mol. The maximum Gasteiger partial charge on any atom is 0.243 e. The van der Waals surface area contributed by atoms with E-state index >= 15 is 0 Å². The fourth-order valence-corrected chi connectivity index (χ4v) is 3.80. The van der Waals surface area contributed by atoms with Crippen molar-refractivity contribution in [2.75, 3.05) is 27.8 Å². The SMILES string of the molecule is Cc1cc(C)cc(Nc2nc(NCC(=O)Nc3ccccc3)nc(Nc3cc(C)cc(C)c3)n2)c1. The van der Waals surface area contributed by atoms with Crippen molar-refractivity contribution in [1.82, 2.24) is 15.0 Å². The highest BCUT2D eigenvalue weighted by molar-refractivity contribution is 5.93. The summed E-state index contributed by atoms with van der Waals surface area (Å²) in [6.45, 7) is 8.16. The Kier molecular flexibility index (Phi) is 7.21. The summed E-state index contributed by atoms with van der Waals surface area (Å²) in [7, 11) is 0. The summed E-state index contributed by atoms with van der Waals surface area (Å²) in [5.41, 5.74) is 7.00. The summed E-state index contributed by atoms with van der Waals surface area (Å²) in [5, 5.41) is 12.4. The number of hydrogen-bond acceptors (Lipinski definition) is 7. The van der Waals surface area contributed by atoms with Gasteiger partial charge in [-0.1, -0.05) is 30.3 Å². The molecule has 0 aliphatic rings. The average molecular weight is 468 g/mol. The van der Waals surface area contributed by atoms with Gasteiger partial charge in [0, 0.05) is 17.1 Å². The molecule has 0 saturated carbocycles. The van der Waals surface area contributed by atoms with Gasteiger partial charge in [-0.3, -0.25) is 4.79 Å². The Hall–Kier alpha value is -4.46. The van der Waals surface area contributed by atoms with Crippen molar-refractivity contribution in [2.24, 2.45) is 0 Å². The molecule has 3 aromatic carbocycles. The Balaban J connectivity index is 1.56. The molecule has 0 aliphatic carbocycles. The van der Waals surface area contributed by atoms with Gasteiger partial charge in [0.05, 0.1) is 6.54 Å². The zero-order chi connectivity index (χ0) is 24.8. The summed E-state index contributed by atoms with van der Waals surface area (Å²) < 4.78 is 0. The van der Waals surface area contributed by atoms with Crippen molar-refractivity contribution in [2.45, 2.75) is 27.7 Å². The van der Waals surface area contributed by atoms with E-state index in [1.54, 1.807) is 0 Å². The largest absolute Gasteiger partial charge is 0.345 e. The van der Waals surface area contributed by atoms with Crippen LogP contribution in [0.15, 0.2) is 66.7 Å². The van der Waals surface area contributed by atoms with Crippen LogP contribution in [0.3, 0.4) is 0 Å². The topological polar surface area (TPSA) is 104 Å². The fraction of sp³-hybridized carbons (Fsp3) is 0.185. The Bertz CT molecular complexity index is 1230. The van der Waals surface area contributed by atoms with Crippen LogP contribution in [0, 0.1) is 27.7 Å². The van der Waals surface area contributed by atoms with Crippen LogP contribution in [-0.4, -0.2) is 27.4 Å². The number of benzene rings is 3. The molecule has 0 fully saturated rings. The number of nitrogens with one attached hydrogen (secondary N) is 4. The van der Waals surface area contributed by atoms with E-state index in [-0.39, 0.29) is 18.4 Å². The van der Waals surface area contributed by atoms with E-state index in [0.717, 1.165) is 39.3 Å². The van der Waals surface area contributed by atoms with Gasteiger partial charge in [-0.2, -0.15) is 15.0 Å². The van der Waals surface area contributed by atoms with Gasteiger partial charge in [0.15, 0.2) is 0 Å². The maximum absolute atomic E-state index is 12.4. The van der Waals surface area contributed by atoms with Gasteiger partial charge in [0.1, 0.15) is 0 Å². The molecular weight excluding hydrogens is 438 g/mol. The Morgan fingerprint density at radius 1 is 0.629 bits per heavy atom. The van der Waals surface area contributed by atoms with Crippen LogP contribution in [0.1, 0.15) is 22.3 Å². The fourth-order valence-electron chi connectivity index (χ4n) is 3.80. The molecule has 0 spiro atoms. The molecule has 4 N–H and O–H groups in total. The molecule has 1 amide bonds. The molecule has 0 radical (unpaired) electrons. The van der Waals surface area contributed by atoms with Crippen LogP contribution in [0.25, 0.3) is 0 Å². The molecule has 0 saturated heterocycles. The van der Waals surface area contributed by atoms with Gasteiger partial charge in [0.2, 0.25) is 23.8 Å². The average Bonchev–Trinajstić information content (AvgIpc) is 2.77. The molecular formula is C27H29N7O. The predicted molar refractivity (Wildman–Crippen MR) is 142 cm³/mol. The normalized spacial score (nSPS) is 10.5. The molecule has 4 rings (SSSR count). The molecule has 0 bridgehead atoms. The zero-order valence-corrected chi connectivity index (χ0v) is 20.3. The number of hydrogen-bond donors (Lipinski definition) is 4. The van der Waals surface area contributed by atoms with Crippen LogP contribution in [-0.2, 0) is 4.79 Å². The number of anilines is 6. The number of amides is 1. The van der Waals surface area contributed by atoms with Crippen LogP contribution in [0.2, 0.25) is 0 Å². The maximum atomic E-state index is 12.4. The van der Waals surface area contributed by atoms with E-state index in [0.29, 0.717) is 11.9 Å². The van der Waals surface area contributed by atoms with Gasteiger partial charge in [-0.15, -0.1) is 0 Å². The Morgan fingerprint density at radius 2 is 1.09 bits per heavy atom. The second kappa shape index (κ2) is 10.6. The molecule has 35 heavy (non-hydrogen) atoms. The van der Waals surface area contributed by atoms with Gasteiger partial charge in [-0.05, 0) is 86.3 Å². The summed E-state index contributed by atoms with van der Waals surface area (Å²) >= 11 is 0. The van der Waals surface area contributed by atoms with Crippen molar-refractivity contribution in [3.8, 4) is 0 Å². The molecule has 0 aliphatic heterocycles. The number of para-hydroxylation sites is 1. The van der Waals surface area contributed by atoms with Crippen molar-refractivity contribution in [3.63, 3.8) is 0 Å². The summed E-state index contributed by atoms with van der Waals surface area (Å²) in [4.78, 5) is 25.9. The summed E-state index contributed by atoms with van der Waals surface area (Å²) in [5.74, 6) is 0.803. The van der Waals surface area contributed by atoms with Crippen molar-refractivity contribution < 1.29 is 4.79 Å². The Labute approximate surface area is 205 Å². The number of rotatable bonds is 8. The smallest absolute Gasteiger partial charge is 0.243 e. The first-order valence-electron chi connectivity index (χ1n) is 11.4. The molecule has 4 aromatic rings. The van der Waals surface area contributed by atoms with Gasteiger partial charge in [0.25, 0.3) is 0 Å². The van der Waals surface area contributed by atoms with Gasteiger partial charge < -0.3 is 21.3 Å². The minimum Gasteiger partial charge on any atom is -0.345 e. The van der Waals surface area contributed by atoms with Crippen molar-refractivity contribution in [3.05, 3.63) is 89.0 Å². The lowest BCUT2D eigenvalue weighted by Crippen LogP contribution is -2.23. The van der Waals surface area contributed by atoms with E-state index in [1.807, 2.05) is 82.3 Å². The third kappa shape index (κ3) is 7.01. The minimum absolute atomic E-state index is 0.00486. The lowest BCUT2D eigenvalue weighted by Gasteiger charge is -2.13. The summed E-state index contributed by atoms with van der Waals surface area (Å²) in [6, 6.07) is 21.6. The van der Waals surface area contributed by atoms with Crippen LogP contribution in [0.4, 0.5) is 34.9 Å². The first kappa shape index (κ1) is 23.7. The van der Waals surface area contributed by atoms with Gasteiger partial charge in [-0.25, -0.2) is 0 Å². The first-order chi connectivity index (χ1) is 16.8. The zero-order valence-electron chi connectivity index (χ0n) is 20.3. The van der Waals surface area contributed by atoms with Crippen molar-refractivity contribution >= 4 is 40.8 Å². The standard InChI is InChI=1S/C27H29N7O/c1-17-10-18(2)13-22(12-17)30-26-32-25(28-16-24(35)29-21-8-6-5-7-9-21)33-27(34-26)31-23-14-19(3)11-20(4)15-23/h5-15H,16H2,1-4H3,(H,29,35)(H3,28,30,31,32,33,34). The van der Waals surface area contributed by atoms with Crippen LogP contribution in [0.5, 0.6) is 0 Å². The molecule has 0 atom stereocenters. The second-order valence-corrected chi connectivity index (χ2v) is 8.58. The van der Waals surface area contributed by atoms with Crippen molar-refractivity contribution in [1.29, 1.82) is 0 Å². The van der Waals surface area contributed by atoms with E-state index in [2.05, 4.69) is 48.4 Å². The van der Waals surface area contributed by atoms with Crippen LogP contribution >= 0.6 is 0 Å². The predicted octanol–water partition coefficient (Wildman–Crippen LogP) is 5.64. The van der Waals surface area contributed by atoms with E-state index < -0.39 is 0 Å². The van der Waals surface area contributed by atoms with E-state index in [9.17, 15) is 4.79 Å². The third-order valence-corrected chi connectivity index (χ3v) is 5.06. The summed E-state index contributed by atoms with van der Waals surface area (Å²) in [6.07, 6.45) is 0. The molecule has 1 heterocycles. The first-order valence-corrected chi connectivity index (χ1v) is 11.4. The number of nitrogens with zero attached hydrogens (tertiary/aromatic N) is 3. The number of aromatic nitrogens is 3. The van der Waals surface area contributed by atoms with Gasteiger partial charge >= 0.3 is 0 Å². The molecule has 8 nitrogen and oxygen atoms in total. The minimum atomic E-state index is -0.204. The van der Waals surface area contributed by atoms with E-state index in [1.165, 1.54) is 0 Å².